The summed E-state index contributed by atoms with van der Waals surface area (Å²) >= 11 is 0. The third-order valence-corrected chi connectivity index (χ3v) is 4.97. The van der Waals surface area contributed by atoms with E-state index in [1.165, 1.54) is 11.1 Å². The van der Waals surface area contributed by atoms with E-state index >= 15 is 0 Å². The Morgan fingerprint density at radius 2 is 1.41 bits per heavy atom. The minimum absolute atomic E-state index is 0.626. The maximum absolute atomic E-state index is 6.29. The highest BCUT2D eigenvalue weighted by Crippen LogP contribution is 2.57. The molecule has 0 N–H and O–H groups in total. The Morgan fingerprint density at radius 3 is 2.04 bits per heavy atom. The highest BCUT2D eigenvalue weighted by Gasteiger charge is 2.33. The average Bonchev–Trinajstić information content (AvgIpc) is 3.07. The maximum Gasteiger partial charge on any atom is 0.208 e. The summed E-state index contributed by atoms with van der Waals surface area (Å²) in [5.74, 6) is 2.83. The molecule has 2 aromatic carbocycles. The third kappa shape index (κ3) is 3.71. The van der Waals surface area contributed by atoms with E-state index < -0.39 is 0 Å². The van der Waals surface area contributed by atoms with Gasteiger partial charge in [0.25, 0.3) is 0 Å². The van der Waals surface area contributed by atoms with Gasteiger partial charge in [-0.05, 0) is 24.0 Å². The van der Waals surface area contributed by atoms with Gasteiger partial charge >= 0.3 is 0 Å². The molecular weight excluding hydrogens is 340 g/mol. The number of unbranched alkanes of at least 4 members (excludes halogenated alkanes) is 2. The van der Waals surface area contributed by atoms with E-state index in [1.54, 1.807) is 14.2 Å². The second-order valence-corrected chi connectivity index (χ2v) is 6.82. The van der Waals surface area contributed by atoms with Crippen molar-refractivity contribution >= 4 is 0 Å². The van der Waals surface area contributed by atoms with Crippen LogP contribution in [0, 0.1) is 0 Å². The van der Waals surface area contributed by atoms with Crippen LogP contribution in [-0.4, -0.2) is 27.4 Å². The van der Waals surface area contributed by atoms with E-state index in [0.717, 1.165) is 54.7 Å². The fraction of sp³-hybridized carbons (Fsp3) is 0.478. The number of rotatable bonds is 10. The van der Waals surface area contributed by atoms with E-state index in [-0.39, 0.29) is 0 Å². The molecule has 0 radical (unpaired) electrons. The molecule has 3 rings (SSSR count). The number of ether oxygens (including phenoxy) is 4. The highest BCUT2D eigenvalue weighted by molar-refractivity contribution is 5.89. The maximum atomic E-state index is 6.29. The van der Waals surface area contributed by atoms with E-state index in [9.17, 15) is 0 Å². The van der Waals surface area contributed by atoms with Gasteiger partial charge in [-0.3, -0.25) is 0 Å². The van der Waals surface area contributed by atoms with Crippen LogP contribution in [0.2, 0.25) is 0 Å². The van der Waals surface area contributed by atoms with Crippen molar-refractivity contribution in [1.82, 2.24) is 0 Å². The zero-order chi connectivity index (χ0) is 19.2. The summed E-state index contributed by atoms with van der Waals surface area (Å²) in [5, 5.41) is 0. The van der Waals surface area contributed by atoms with Crippen molar-refractivity contribution in [1.29, 1.82) is 0 Å². The molecule has 0 heterocycles. The summed E-state index contributed by atoms with van der Waals surface area (Å²) in [4.78, 5) is 0. The molecule has 0 aliphatic heterocycles. The molecule has 0 bridgehead atoms. The first-order chi connectivity index (χ1) is 13.3. The largest absolute Gasteiger partial charge is 0.492 e. The Labute approximate surface area is 162 Å². The summed E-state index contributed by atoms with van der Waals surface area (Å²) in [7, 11) is 3.35. The second-order valence-electron chi connectivity index (χ2n) is 6.82. The molecule has 0 saturated heterocycles. The summed E-state index contributed by atoms with van der Waals surface area (Å²) < 4.78 is 24.0. The molecule has 0 fully saturated rings. The van der Waals surface area contributed by atoms with Crippen molar-refractivity contribution < 1.29 is 18.9 Å². The fourth-order valence-electron chi connectivity index (χ4n) is 3.58. The third-order valence-electron chi connectivity index (χ3n) is 4.97. The number of hydrogen-bond acceptors (Lipinski definition) is 4. The number of fused-ring (bicyclic) bond motifs is 3. The van der Waals surface area contributed by atoms with Crippen LogP contribution in [0.1, 0.15) is 50.7 Å². The summed E-state index contributed by atoms with van der Waals surface area (Å²) in [6, 6.07) is 8.45. The Bertz CT molecular complexity index is 782. The zero-order valence-corrected chi connectivity index (χ0v) is 16.9. The topological polar surface area (TPSA) is 36.9 Å². The molecule has 0 saturated carbocycles. The van der Waals surface area contributed by atoms with Gasteiger partial charge in [0.1, 0.15) is 0 Å². The van der Waals surface area contributed by atoms with Crippen molar-refractivity contribution in [3.8, 4) is 34.1 Å². The molecule has 0 aromatic heterocycles. The Balaban J connectivity index is 2.18. The molecule has 0 atom stereocenters. The van der Waals surface area contributed by atoms with Crippen molar-refractivity contribution in [3.63, 3.8) is 0 Å². The Kier molecular flexibility index (Phi) is 6.49. The molecular formula is C23H30O4. The fourth-order valence-corrected chi connectivity index (χ4v) is 3.58. The Morgan fingerprint density at radius 1 is 0.778 bits per heavy atom. The minimum Gasteiger partial charge on any atom is -0.492 e. The van der Waals surface area contributed by atoms with Gasteiger partial charge in [0.05, 0.1) is 27.4 Å². The summed E-state index contributed by atoms with van der Waals surface area (Å²) in [6.45, 7) is 5.60. The number of hydrogen-bond donors (Lipinski definition) is 0. The minimum atomic E-state index is 0.626. The smallest absolute Gasteiger partial charge is 0.208 e. The summed E-state index contributed by atoms with van der Waals surface area (Å²) in [5.41, 5.74) is 4.68. The lowest BCUT2D eigenvalue weighted by atomic mass is 10.0. The van der Waals surface area contributed by atoms with Crippen LogP contribution in [0.5, 0.6) is 23.0 Å². The molecule has 0 unspecified atom stereocenters. The van der Waals surface area contributed by atoms with E-state index in [2.05, 4.69) is 38.1 Å². The van der Waals surface area contributed by atoms with Gasteiger partial charge in [-0.1, -0.05) is 51.0 Å². The van der Waals surface area contributed by atoms with Gasteiger partial charge < -0.3 is 18.9 Å². The summed E-state index contributed by atoms with van der Waals surface area (Å²) in [6.07, 6.45) is 4.94. The predicted octanol–water partition coefficient (Wildman–Crippen LogP) is 5.63. The quantitative estimate of drug-likeness (QED) is 0.433. The molecule has 1 aliphatic carbocycles. The van der Waals surface area contributed by atoms with Crippen LogP contribution >= 0.6 is 0 Å². The second kappa shape index (κ2) is 9.03. The molecule has 2 aromatic rings. The van der Waals surface area contributed by atoms with Crippen LogP contribution in [0.3, 0.4) is 0 Å². The van der Waals surface area contributed by atoms with Crippen LogP contribution in [0.15, 0.2) is 24.3 Å². The lowest BCUT2D eigenvalue weighted by molar-refractivity contribution is 0.245. The van der Waals surface area contributed by atoms with Gasteiger partial charge in [0, 0.05) is 17.5 Å². The van der Waals surface area contributed by atoms with Crippen molar-refractivity contribution in [3.05, 3.63) is 35.4 Å². The van der Waals surface area contributed by atoms with Gasteiger partial charge in [0.15, 0.2) is 11.5 Å². The first-order valence-corrected chi connectivity index (χ1v) is 9.91. The normalized spacial score (nSPS) is 11.7. The molecule has 4 heteroatoms. The van der Waals surface area contributed by atoms with Crippen molar-refractivity contribution in [2.45, 2.75) is 46.0 Å². The van der Waals surface area contributed by atoms with Crippen molar-refractivity contribution in [2.75, 3.05) is 27.4 Å². The van der Waals surface area contributed by atoms with Crippen LogP contribution < -0.4 is 18.9 Å². The molecule has 4 nitrogen and oxygen atoms in total. The van der Waals surface area contributed by atoms with Gasteiger partial charge in [0.2, 0.25) is 11.5 Å². The molecule has 1 aliphatic rings. The predicted molar refractivity (Wildman–Crippen MR) is 109 cm³/mol. The van der Waals surface area contributed by atoms with Crippen LogP contribution in [-0.2, 0) is 6.42 Å². The highest BCUT2D eigenvalue weighted by atomic mass is 16.5. The average molecular weight is 370 g/mol. The van der Waals surface area contributed by atoms with Crippen LogP contribution in [0.25, 0.3) is 11.1 Å². The van der Waals surface area contributed by atoms with Gasteiger partial charge in [-0.25, -0.2) is 0 Å². The van der Waals surface area contributed by atoms with E-state index in [4.69, 9.17) is 18.9 Å². The zero-order valence-electron chi connectivity index (χ0n) is 16.9. The van der Waals surface area contributed by atoms with Gasteiger partial charge in [-0.2, -0.15) is 0 Å². The molecule has 27 heavy (non-hydrogen) atoms. The monoisotopic (exact) mass is 370 g/mol. The molecule has 0 amide bonds. The van der Waals surface area contributed by atoms with Crippen LogP contribution in [0.4, 0.5) is 0 Å². The SMILES string of the molecule is CCCCOc1c(OC)c(OC)c2c(c1OCCCC)-c1ccccc1C2. The first-order valence-electron chi connectivity index (χ1n) is 9.91. The first kappa shape index (κ1) is 19.4. The van der Waals surface area contributed by atoms with E-state index in [0.29, 0.717) is 24.7 Å². The number of benzene rings is 2. The Hall–Kier alpha value is -2.36. The van der Waals surface area contributed by atoms with Crippen molar-refractivity contribution in [2.24, 2.45) is 0 Å². The molecule has 0 spiro atoms. The number of methoxy groups -OCH3 is 2. The van der Waals surface area contributed by atoms with Gasteiger partial charge in [-0.15, -0.1) is 0 Å². The lowest BCUT2D eigenvalue weighted by Gasteiger charge is -2.22. The van der Waals surface area contributed by atoms with E-state index in [1.807, 2.05) is 0 Å². The molecule has 146 valence electrons. The standard InChI is InChI=1S/C23H30O4/c1-5-7-13-26-21-19-17-12-10-9-11-16(17)15-18(19)20(24-3)22(25-4)23(21)27-14-8-6-2/h9-12H,5-8,13-15H2,1-4H3. The lowest BCUT2D eigenvalue weighted by Crippen LogP contribution is -2.07.